The minimum absolute atomic E-state index is 0.0340. The second kappa shape index (κ2) is 30.2. The van der Waals surface area contributed by atoms with Crippen LogP contribution in [0.15, 0.2) is 133 Å². The molecule has 12 aliphatic rings. The molecule has 17 rings (SSSR count). The minimum Gasteiger partial charge on any atom is -0.469 e. The number of esters is 3. The van der Waals surface area contributed by atoms with Crippen LogP contribution in [0.4, 0.5) is 17.1 Å². The number of benzene rings is 5. The van der Waals surface area contributed by atoms with Crippen molar-refractivity contribution in [3.8, 4) is 0 Å². The summed E-state index contributed by atoms with van der Waals surface area (Å²) < 4.78 is 22.3. The molecule has 9 fully saturated rings. The van der Waals surface area contributed by atoms with Crippen LogP contribution in [-0.2, 0) is 77.1 Å². The van der Waals surface area contributed by atoms with Gasteiger partial charge in [-0.05, 0) is 197 Å². The van der Waals surface area contributed by atoms with Crippen LogP contribution in [0.25, 0.3) is 0 Å². The van der Waals surface area contributed by atoms with Gasteiger partial charge in [-0.3, -0.25) is 43.5 Å². The fraction of sp³-hybridized carbons (Fsp3) is 0.576. The number of nitrogens with one attached hydrogen (secondary N) is 1. The molecule has 3 aliphatic carbocycles. The van der Waals surface area contributed by atoms with Crippen molar-refractivity contribution >= 4 is 52.7 Å². The molecular formula is C85H110N6O10. The Bertz CT molecular complexity index is 3800. The molecule has 5 aromatic carbocycles. The minimum atomic E-state index is -0.588. The van der Waals surface area contributed by atoms with E-state index in [-0.39, 0.29) is 83.5 Å². The number of ether oxygens (including phenoxy) is 4. The Labute approximate surface area is 599 Å². The lowest BCUT2D eigenvalue weighted by molar-refractivity contribution is -0.165. The first-order chi connectivity index (χ1) is 49.2. The van der Waals surface area contributed by atoms with Gasteiger partial charge < -0.3 is 34.1 Å². The first-order valence-electron chi connectivity index (χ1n) is 38.6. The molecule has 1 N–H and O–H groups in total. The van der Waals surface area contributed by atoms with Gasteiger partial charge in [0, 0.05) is 61.4 Å². The van der Waals surface area contributed by atoms with Gasteiger partial charge in [0.05, 0.1) is 74.6 Å². The van der Waals surface area contributed by atoms with Crippen LogP contribution in [0.5, 0.6) is 0 Å². The largest absolute Gasteiger partial charge is 0.469 e. The Kier molecular flexibility index (Phi) is 21.6. The highest BCUT2D eigenvalue weighted by molar-refractivity contribution is 6.10. The van der Waals surface area contributed by atoms with Crippen molar-refractivity contribution in [1.82, 2.24) is 14.7 Å². The van der Waals surface area contributed by atoms with Crippen LogP contribution >= 0.6 is 0 Å². The van der Waals surface area contributed by atoms with E-state index in [1.165, 1.54) is 39.7 Å². The van der Waals surface area contributed by atoms with Crippen LogP contribution in [0.1, 0.15) is 153 Å². The predicted octanol–water partition coefficient (Wildman–Crippen LogP) is 13.4. The number of likely N-dealkylation sites (N-methyl/N-ethyl adjacent to an activating group) is 1. The maximum absolute atomic E-state index is 14.6. The van der Waals surface area contributed by atoms with E-state index in [1.807, 2.05) is 104 Å². The van der Waals surface area contributed by atoms with Gasteiger partial charge in [0.1, 0.15) is 0 Å². The fourth-order valence-corrected chi connectivity index (χ4v) is 22.4. The van der Waals surface area contributed by atoms with Crippen LogP contribution < -0.4 is 15.1 Å². The lowest BCUT2D eigenvalue weighted by atomic mass is 9.60. The Morgan fingerprint density at radius 2 is 0.861 bits per heavy atom. The zero-order valence-corrected chi connectivity index (χ0v) is 61.5. The second-order valence-corrected chi connectivity index (χ2v) is 30.8. The van der Waals surface area contributed by atoms with E-state index in [4.69, 9.17) is 18.9 Å². The molecule has 3 spiro atoms. The number of carbonyl (C=O) groups is 6. The van der Waals surface area contributed by atoms with E-state index in [0.717, 1.165) is 143 Å². The normalized spacial score (nSPS) is 34.4. The summed E-state index contributed by atoms with van der Waals surface area (Å²) in [5, 5.41) is 3.13. The molecule has 0 bridgehead atoms. The molecule has 101 heavy (non-hydrogen) atoms. The number of hydrogen-bond donors (Lipinski definition) is 1. The second-order valence-electron chi connectivity index (χ2n) is 30.8. The van der Waals surface area contributed by atoms with Crippen LogP contribution in [0.2, 0.25) is 0 Å². The lowest BCUT2D eigenvalue weighted by Crippen LogP contribution is -2.58. The van der Waals surface area contributed by atoms with E-state index in [1.54, 1.807) is 0 Å². The molecule has 540 valence electrons. The summed E-state index contributed by atoms with van der Waals surface area (Å²) in [6.45, 7) is 22.0. The molecule has 0 unspecified atom stereocenters. The maximum atomic E-state index is 14.6. The summed E-state index contributed by atoms with van der Waals surface area (Å²) in [6, 6.07) is 45.7. The Hall–Kier alpha value is -7.24. The van der Waals surface area contributed by atoms with Crippen LogP contribution in [0, 0.1) is 65.1 Å². The third kappa shape index (κ3) is 12.2. The van der Waals surface area contributed by atoms with Crippen molar-refractivity contribution in [3.63, 3.8) is 0 Å². The van der Waals surface area contributed by atoms with E-state index < -0.39 is 16.2 Å². The van der Waals surface area contributed by atoms with Crippen LogP contribution in [-0.4, -0.2) is 142 Å². The number of hydrogen-bond acceptors (Lipinski definition) is 13. The molecule has 18 atom stereocenters. The fourth-order valence-electron chi connectivity index (χ4n) is 22.4. The summed E-state index contributed by atoms with van der Waals surface area (Å²) in [5.74, 6) is 2.87. The predicted molar refractivity (Wildman–Crippen MR) is 394 cm³/mol. The highest BCUT2D eigenvalue weighted by atomic mass is 16.5. The van der Waals surface area contributed by atoms with E-state index in [2.05, 4.69) is 108 Å². The van der Waals surface area contributed by atoms with E-state index in [0.29, 0.717) is 61.1 Å². The number of piperidine rings is 3. The molecule has 5 aromatic rings. The number of nitrogens with zero attached hydrogens (tertiary/aromatic N) is 5. The number of anilines is 3. The number of fused-ring (bicyclic) bond motifs is 15. The van der Waals surface area contributed by atoms with E-state index in [9.17, 15) is 28.8 Å². The third-order valence-corrected chi connectivity index (χ3v) is 26.8. The summed E-state index contributed by atoms with van der Waals surface area (Å²) in [7, 11) is 4.51. The molecule has 16 nitrogen and oxygen atoms in total. The van der Waals surface area contributed by atoms with Gasteiger partial charge >= 0.3 is 17.9 Å². The van der Waals surface area contributed by atoms with Crippen molar-refractivity contribution in [2.24, 2.45) is 65.1 Å². The van der Waals surface area contributed by atoms with E-state index >= 15 is 0 Å². The number of carbonyl (C=O) groups excluding carboxylic acids is 6. The van der Waals surface area contributed by atoms with Crippen molar-refractivity contribution < 1.29 is 47.7 Å². The SMILES string of the molecule is CC.CC.CCN1C(=O)[C@@]2(CCN3C[C@@H]4CC[C@H](C)[C@H](C(=O)OC)[C@H]4C[C@H]32)c2ccccc21.COC(=O)[C@@H]1[C@H]2C[C@@H]3N(CC[C@@]34C(=O)N(Cc3ccccc3)c3ccccc34)C[C@@H]2CC[C@@H]1OCc1ccccc1.COC(=O)[C@@H]1[C@H]2C[C@@H]3N(CC[C@@]34C(=O)Nc3ccccc34)C[C@@H]2CC[C@@H]1C. The topological polar surface area (TPSA) is 168 Å². The van der Waals surface area contributed by atoms with Gasteiger partial charge in [-0.1, -0.05) is 157 Å². The summed E-state index contributed by atoms with van der Waals surface area (Å²) in [4.78, 5) is 91.8. The molecule has 16 heteroatoms. The van der Waals surface area contributed by atoms with Gasteiger partial charge in [0.25, 0.3) is 0 Å². The lowest BCUT2D eigenvalue weighted by Gasteiger charge is -2.50. The van der Waals surface area contributed by atoms with Crippen molar-refractivity contribution in [2.75, 3.05) is 82.3 Å². The van der Waals surface area contributed by atoms with Gasteiger partial charge in [-0.25, -0.2) is 0 Å². The number of amides is 3. The number of rotatable bonds is 9. The summed E-state index contributed by atoms with van der Waals surface area (Å²) in [6.07, 6.45) is 11.5. The zero-order chi connectivity index (χ0) is 71.1. The highest BCUT2D eigenvalue weighted by Gasteiger charge is 2.66. The molecule has 3 saturated carbocycles. The first kappa shape index (κ1) is 72.1. The summed E-state index contributed by atoms with van der Waals surface area (Å²) in [5.41, 5.74) is 7.33. The number of methoxy groups -OCH3 is 3. The smallest absolute Gasteiger partial charge is 0.311 e. The van der Waals surface area contributed by atoms with Crippen LogP contribution in [0.3, 0.4) is 0 Å². The zero-order valence-electron chi connectivity index (χ0n) is 61.5. The molecule has 3 amide bonds. The average Bonchev–Trinajstić information content (AvgIpc) is 1.56. The molecule has 0 radical (unpaired) electrons. The quantitative estimate of drug-likeness (QED) is 0.109. The molecular weight excluding hydrogens is 1260 g/mol. The standard InChI is InChI=1S/C35H38N2O4.C24H32N2O3.C22H28N2O3.2C2H6/c1-40-33(38)32-27-20-31-35(28-14-8-9-15-29(28)37(34(35)39)21-24-10-4-2-5-11-24)18-19-36(31)22-26(27)16-17-30(32)41-23-25-12-6-3-7-13-25;1-4-26-19-8-6-5-7-18(19)24(23(26)28)11-12-25-14-16-10-9-15(2)21(22(27)29-3)17(16)13-20(24)25;1-13-7-8-14-12-24-10-9-22(16-5-3-4-6-17(16)23-21(22)26)18(24)11-15(14)19(13)20(25)27-2;2*1-2/h2-15,26-27,30-32H,16-23H2,1H3;5-8,15-17,20-21H,4,9-14H2,1-3H3;3-6,13-15,18-19H,7-12H2,1-2H3,(H,23,26);2*1-2H3/t26-,27-,30-,31-,32+,35-;15-,16-,17-,20-,21-,24-;13-,14-,15-,18-,19-,22-;;/m000../s1. The maximum Gasteiger partial charge on any atom is 0.311 e. The first-order valence-corrected chi connectivity index (χ1v) is 38.6. The Balaban J connectivity index is 0.000000136. The van der Waals surface area contributed by atoms with Gasteiger partial charge in [0.15, 0.2) is 0 Å². The highest BCUT2D eigenvalue weighted by Crippen LogP contribution is 2.60. The average molecular weight is 1380 g/mol. The molecule has 9 aliphatic heterocycles. The van der Waals surface area contributed by atoms with Gasteiger partial charge in [-0.2, -0.15) is 0 Å². The van der Waals surface area contributed by atoms with Gasteiger partial charge in [-0.15, -0.1) is 0 Å². The monoisotopic (exact) mass is 1370 g/mol. The van der Waals surface area contributed by atoms with Gasteiger partial charge in [0.2, 0.25) is 17.7 Å². The summed E-state index contributed by atoms with van der Waals surface area (Å²) >= 11 is 0. The Morgan fingerprint density at radius 3 is 1.36 bits per heavy atom. The molecule has 6 saturated heterocycles. The molecule has 9 heterocycles. The number of para-hydroxylation sites is 3. The third-order valence-electron chi connectivity index (χ3n) is 26.8. The van der Waals surface area contributed by atoms with Crippen molar-refractivity contribution in [3.05, 3.63) is 161 Å². The van der Waals surface area contributed by atoms with Crippen molar-refractivity contribution in [2.45, 2.75) is 179 Å². The Morgan fingerprint density at radius 1 is 0.465 bits per heavy atom. The van der Waals surface area contributed by atoms with Crippen molar-refractivity contribution in [1.29, 1.82) is 0 Å². The molecule has 0 aromatic heterocycles.